The van der Waals surface area contributed by atoms with Crippen LogP contribution in [0.5, 0.6) is 0 Å². The van der Waals surface area contributed by atoms with Gasteiger partial charge >= 0.3 is 0 Å². The van der Waals surface area contributed by atoms with Gasteiger partial charge in [-0.2, -0.15) is 4.73 Å². The molecule has 0 spiro atoms. The normalized spacial score (nSPS) is 12.4. The van der Waals surface area contributed by atoms with E-state index < -0.39 is 0 Å². The van der Waals surface area contributed by atoms with Crippen LogP contribution in [0.15, 0.2) is 54.6 Å². The van der Waals surface area contributed by atoms with Crippen molar-refractivity contribution in [2.75, 3.05) is 0 Å². The lowest BCUT2D eigenvalue weighted by Crippen LogP contribution is -2.30. The first-order valence-electron chi connectivity index (χ1n) is 6.07. The van der Waals surface area contributed by atoms with Gasteiger partial charge in [0.2, 0.25) is 11.2 Å². The van der Waals surface area contributed by atoms with Gasteiger partial charge in [-0.25, -0.2) is 0 Å². The zero-order valence-corrected chi connectivity index (χ0v) is 9.76. The molecule has 1 heterocycles. The maximum absolute atomic E-state index is 12.5. The zero-order chi connectivity index (χ0) is 12.1. The van der Waals surface area contributed by atoms with Gasteiger partial charge in [0, 0.05) is 23.4 Å². The van der Waals surface area contributed by atoms with Crippen LogP contribution in [0.1, 0.15) is 11.1 Å². The molecule has 2 nitrogen and oxygen atoms in total. The van der Waals surface area contributed by atoms with Gasteiger partial charge < -0.3 is 5.21 Å². The van der Waals surface area contributed by atoms with Gasteiger partial charge in [0.05, 0.1) is 5.56 Å². The fraction of sp³-hybridized carbons (Fsp3) is 0.0625. The first-order chi connectivity index (χ1) is 8.84. The Labute approximate surface area is 105 Å². The highest BCUT2D eigenvalue weighted by Crippen LogP contribution is 2.35. The van der Waals surface area contributed by atoms with E-state index >= 15 is 0 Å². The molecule has 0 saturated carbocycles. The van der Waals surface area contributed by atoms with E-state index in [0.29, 0.717) is 0 Å². The molecule has 3 aromatic rings. The Morgan fingerprint density at radius 1 is 0.889 bits per heavy atom. The van der Waals surface area contributed by atoms with Crippen LogP contribution in [-0.4, -0.2) is 0 Å². The molecule has 2 aromatic carbocycles. The van der Waals surface area contributed by atoms with Gasteiger partial charge in [-0.3, -0.25) is 0 Å². The summed E-state index contributed by atoms with van der Waals surface area (Å²) in [5, 5.41) is 13.5. The lowest BCUT2D eigenvalue weighted by atomic mass is 10.1. The van der Waals surface area contributed by atoms with Crippen molar-refractivity contribution in [3.8, 4) is 11.3 Å². The van der Waals surface area contributed by atoms with Crippen molar-refractivity contribution in [1.29, 1.82) is 0 Å². The fourth-order valence-corrected chi connectivity index (χ4v) is 2.83. The lowest BCUT2D eigenvalue weighted by Gasteiger charge is -2.07. The number of hydrogen-bond donors (Lipinski definition) is 0. The number of rotatable bonds is 0. The van der Waals surface area contributed by atoms with Crippen molar-refractivity contribution in [2.24, 2.45) is 0 Å². The number of hydrogen-bond acceptors (Lipinski definition) is 1. The topological polar surface area (TPSA) is 26.9 Å². The third kappa shape index (κ3) is 1.15. The minimum atomic E-state index is 0.743. The molecule has 18 heavy (non-hydrogen) atoms. The maximum Gasteiger partial charge on any atom is 0.228 e. The number of nitrogens with zero attached hydrogens (tertiary/aromatic N) is 1. The van der Waals surface area contributed by atoms with Crippen LogP contribution in [0.2, 0.25) is 0 Å². The van der Waals surface area contributed by atoms with Crippen LogP contribution in [0, 0.1) is 5.21 Å². The lowest BCUT2D eigenvalue weighted by molar-refractivity contribution is -0.565. The van der Waals surface area contributed by atoms with Gasteiger partial charge in [0.15, 0.2) is 0 Å². The number of aromatic nitrogens is 1. The maximum atomic E-state index is 12.5. The molecule has 0 atom stereocenters. The average Bonchev–Trinajstić information content (AvgIpc) is 2.77. The third-order valence-corrected chi connectivity index (χ3v) is 3.65. The monoisotopic (exact) mass is 233 g/mol. The average molecular weight is 233 g/mol. The largest absolute Gasteiger partial charge is 0.618 e. The van der Waals surface area contributed by atoms with Crippen molar-refractivity contribution >= 4 is 10.9 Å². The van der Waals surface area contributed by atoms with E-state index in [-0.39, 0.29) is 0 Å². The minimum absolute atomic E-state index is 0.743. The van der Waals surface area contributed by atoms with Crippen LogP contribution in [-0.2, 0) is 6.42 Å². The molecule has 4 rings (SSSR count). The number of benzene rings is 2. The van der Waals surface area contributed by atoms with Crippen LogP contribution in [0.25, 0.3) is 22.2 Å². The van der Waals surface area contributed by atoms with Gasteiger partial charge in [-0.05, 0) is 23.8 Å². The quantitative estimate of drug-likeness (QED) is 0.339. The Hall–Kier alpha value is -2.35. The molecule has 1 aromatic heterocycles. The van der Waals surface area contributed by atoms with Crippen molar-refractivity contribution < 1.29 is 4.73 Å². The molecule has 1 aliphatic carbocycles. The Bertz CT molecular complexity index is 777. The van der Waals surface area contributed by atoms with Gasteiger partial charge in [-0.1, -0.05) is 30.3 Å². The molecule has 0 bridgehead atoms. The molecule has 0 fully saturated rings. The molecule has 86 valence electrons. The summed E-state index contributed by atoms with van der Waals surface area (Å²) in [6.45, 7) is 0. The Morgan fingerprint density at radius 3 is 2.61 bits per heavy atom. The Kier molecular flexibility index (Phi) is 1.78. The highest BCUT2D eigenvalue weighted by atomic mass is 16.5. The first kappa shape index (κ1) is 9.66. The summed E-state index contributed by atoms with van der Waals surface area (Å²) in [5.74, 6) is 0. The molecule has 0 saturated heterocycles. The minimum Gasteiger partial charge on any atom is -0.618 e. The SMILES string of the molecule is [O-][n+]1c2c(cc3ccccc31)Cc1ccccc1-2. The standard InChI is InChI=1S/C16H11NO/c18-17-15-8-4-2-6-12(15)10-13-9-11-5-1-3-7-14(11)16(13)17/h1-8,10H,9H2. The molecule has 0 N–H and O–H groups in total. The van der Waals surface area contributed by atoms with Crippen molar-refractivity contribution in [3.05, 3.63) is 70.9 Å². The van der Waals surface area contributed by atoms with E-state index in [9.17, 15) is 5.21 Å². The van der Waals surface area contributed by atoms with Crippen LogP contribution >= 0.6 is 0 Å². The number of para-hydroxylation sites is 1. The number of fused-ring (bicyclic) bond motifs is 4. The van der Waals surface area contributed by atoms with Crippen molar-refractivity contribution in [1.82, 2.24) is 0 Å². The second-order valence-electron chi connectivity index (χ2n) is 4.71. The third-order valence-electron chi connectivity index (χ3n) is 3.65. The van der Waals surface area contributed by atoms with Crippen molar-refractivity contribution in [2.45, 2.75) is 6.42 Å². The summed E-state index contributed by atoms with van der Waals surface area (Å²) in [6.07, 6.45) is 0.860. The van der Waals surface area contributed by atoms with E-state index in [0.717, 1.165) is 38.9 Å². The summed E-state index contributed by atoms with van der Waals surface area (Å²) in [7, 11) is 0. The smallest absolute Gasteiger partial charge is 0.228 e. The Morgan fingerprint density at radius 2 is 1.67 bits per heavy atom. The summed E-state index contributed by atoms with van der Waals surface area (Å²) in [4.78, 5) is 0. The van der Waals surface area contributed by atoms with E-state index in [1.54, 1.807) is 0 Å². The zero-order valence-electron chi connectivity index (χ0n) is 9.76. The van der Waals surface area contributed by atoms with Crippen LogP contribution in [0.3, 0.4) is 0 Å². The first-order valence-corrected chi connectivity index (χ1v) is 6.07. The summed E-state index contributed by atoms with van der Waals surface area (Å²) < 4.78 is 1.08. The molecular weight excluding hydrogens is 222 g/mol. The van der Waals surface area contributed by atoms with Crippen LogP contribution < -0.4 is 4.73 Å². The fourth-order valence-electron chi connectivity index (χ4n) is 2.83. The second-order valence-corrected chi connectivity index (χ2v) is 4.71. The molecule has 1 aliphatic rings. The summed E-state index contributed by atoms with van der Waals surface area (Å²) in [6, 6.07) is 18.0. The van der Waals surface area contributed by atoms with Gasteiger partial charge in [0.1, 0.15) is 0 Å². The van der Waals surface area contributed by atoms with E-state index in [1.807, 2.05) is 42.5 Å². The molecular formula is C16H11NO. The van der Waals surface area contributed by atoms with E-state index in [2.05, 4.69) is 12.1 Å². The van der Waals surface area contributed by atoms with Gasteiger partial charge in [-0.15, -0.1) is 0 Å². The number of pyridine rings is 1. The molecule has 0 aliphatic heterocycles. The predicted octanol–water partition coefficient (Wildman–Crippen LogP) is 3.04. The molecule has 0 amide bonds. The van der Waals surface area contributed by atoms with Crippen LogP contribution in [0.4, 0.5) is 0 Å². The van der Waals surface area contributed by atoms with E-state index in [4.69, 9.17) is 0 Å². The highest BCUT2D eigenvalue weighted by Gasteiger charge is 2.27. The van der Waals surface area contributed by atoms with Gasteiger partial charge in [0.25, 0.3) is 0 Å². The predicted molar refractivity (Wildman–Crippen MR) is 71.2 cm³/mol. The summed E-state index contributed by atoms with van der Waals surface area (Å²) in [5.41, 5.74) is 5.02. The molecule has 2 heteroatoms. The highest BCUT2D eigenvalue weighted by molar-refractivity contribution is 5.82. The van der Waals surface area contributed by atoms with E-state index in [1.165, 1.54) is 5.56 Å². The molecule has 0 radical (unpaired) electrons. The van der Waals surface area contributed by atoms with Crippen molar-refractivity contribution in [3.63, 3.8) is 0 Å². The Balaban J connectivity index is 2.14. The molecule has 0 unspecified atom stereocenters. The second kappa shape index (κ2) is 3.33. The summed E-state index contributed by atoms with van der Waals surface area (Å²) >= 11 is 0.